The third kappa shape index (κ3) is 4.28. The minimum absolute atomic E-state index is 0.252. The van der Waals surface area contributed by atoms with E-state index in [0.29, 0.717) is 12.2 Å². The summed E-state index contributed by atoms with van der Waals surface area (Å²) in [6, 6.07) is 12.0. The third-order valence-electron chi connectivity index (χ3n) is 7.57. The number of hydrogen-bond donors (Lipinski definition) is 0. The number of carbonyl (C=O) groups excluding carboxylic acids is 2. The molecule has 2 fully saturated rings. The molecule has 1 spiro atoms. The van der Waals surface area contributed by atoms with Crippen molar-refractivity contribution in [2.75, 3.05) is 19.7 Å². The highest BCUT2D eigenvalue weighted by molar-refractivity contribution is 5.98. The minimum atomic E-state index is -1.05. The van der Waals surface area contributed by atoms with Gasteiger partial charge < -0.3 is 9.47 Å². The molecule has 3 aromatic rings. The van der Waals surface area contributed by atoms with Crippen LogP contribution in [0.1, 0.15) is 46.7 Å². The summed E-state index contributed by atoms with van der Waals surface area (Å²) < 4.78 is 38.7. The third-order valence-corrected chi connectivity index (χ3v) is 7.57. The monoisotopic (exact) mass is 505 g/mol. The SMILES string of the molecule is O=C1COC(=O)N1C(c1ccc(CN2CCC3(CC2)OCc2ccncc23)cc1)c1ccc(F)c(F)c1. The normalized spacial score (nSPS) is 19.8. The molecule has 0 saturated carbocycles. The molecule has 2 saturated heterocycles. The fourth-order valence-electron chi connectivity index (χ4n) is 5.59. The van der Waals surface area contributed by atoms with E-state index in [0.717, 1.165) is 55.1 Å². The summed E-state index contributed by atoms with van der Waals surface area (Å²) in [4.78, 5) is 32.4. The Kier molecular flexibility index (Phi) is 5.97. The number of likely N-dealkylation sites (tertiary alicyclic amines) is 1. The number of piperidine rings is 1. The summed E-state index contributed by atoms with van der Waals surface area (Å²) in [7, 11) is 0. The number of nitrogens with zero attached hydrogens (tertiary/aromatic N) is 3. The average molecular weight is 506 g/mol. The number of carbonyl (C=O) groups is 2. The topological polar surface area (TPSA) is 72.0 Å². The summed E-state index contributed by atoms with van der Waals surface area (Å²) in [5.41, 5.74) is 4.12. The molecule has 3 aliphatic rings. The Balaban J connectivity index is 1.19. The van der Waals surface area contributed by atoms with Crippen LogP contribution in [0.15, 0.2) is 60.9 Å². The molecular weight excluding hydrogens is 480 g/mol. The quantitative estimate of drug-likeness (QED) is 0.510. The minimum Gasteiger partial charge on any atom is -0.439 e. The average Bonchev–Trinajstić information content (AvgIpc) is 3.44. The first-order valence-corrected chi connectivity index (χ1v) is 12.3. The lowest BCUT2D eigenvalue weighted by atomic mass is 9.84. The Morgan fingerprint density at radius 3 is 2.41 bits per heavy atom. The van der Waals surface area contributed by atoms with Gasteiger partial charge in [0.2, 0.25) is 0 Å². The Hall–Kier alpha value is -3.69. The second-order valence-electron chi connectivity index (χ2n) is 9.73. The molecule has 3 aliphatic heterocycles. The smallest absolute Gasteiger partial charge is 0.418 e. The summed E-state index contributed by atoms with van der Waals surface area (Å²) >= 11 is 0. The van der Waals surface area contributed by atoms with E-state index in [1.54, 1.807) is 6.20 Å². The zero-order valence-corrected chi connectivity index (χ0v) is 20.0. The lowest BCUT2D eigenvalue weighted by Crippen LogP contribution is -2.42. The maximum Gasteiger partial charge on any atom is 0.418 e. The van der Waals surface area contributed by atoms with Gasteiger partial charge in [-0.25, -0.2) is 18.5 Å². The van der Waals surface area contributed by atoms with Crippen LogP contribution in [0.2, 0.25) is 0 Å². The highest BCUT2D eigenvalue weighted by Crippen LogP contribution is 2.44. The highest BCUT2D eigenvalue weighted by Gasteiger charge is 2.43. The molecule has 0 radical (unpaired) electrons. The van der Waals surface area contributed by atoms with Crippen molar-refractivity contribution in [3.8, 4) is 0 Å². The standard InChI is InChI=1S/C28H25F2N3O4/c29-23-6-5-20(13-24(23)30)26(33-25(34)17-36-27(33)35)19-3-1-18(2-4-19)15-32-11-8-28(9-12-32)22-14-31-10-7-21(22)16-37-28/h1-7,10,13-14,26H,8-9,11-12,15-17H2. The van der Waals surface area contributed by atoms with Crippen LogP contribution in [0.25, 0.3) is 0 Å². The van der Waals surface area contributed by atoms with Crippen molar-refractivity contribution in [2.45, 2.75) is 37.6 Å². The molecular formula is C28H25F2N3O4. The molecule has 37 heavy (non-hydrogen) atoms. The van der Waals surface area contributed by atoms with E-state index in [2.05, 4.69) is 9.88 Å². The summed E-state index contributed by atoms with van der Waals surface area (Å²) in [6.45, 7) is 2.74. The first-order valence-electron chi connectivity index (χ1n) is 12.3. The number of amides is 2. The number of benzene rings is 2. The molecule has 6 rings (SSSR count). The van der Waals surface area contributed by atoms with Crippen LogP contribution in [0.5, 0.6) is 0 Å². The van der Waals surface area contributed by atoms with Crippen LogP contribution in [-0.2, 0) is 33.0 Å². The molecule has 9 heteroatoms. The molecule has 2 amide bonds. The predicted octanol–water partition coefficient (Wildman–Crippen LogP) is 4.45. The van der Waals surface area contributed by atoms with Gasteiger partial charge in [0.25, 0.3) is 5.91 Å². The van der Waals surface area contributed by atoms with Crippen LogP contribution in [0, 0.1) is 11.6 Å². The Morgan fingerprint density at radius 2 is 1.70 bits per heavy atom. The number of aromatic nitrogens is 1. The molecule has 2 aromatic carbocycles. The highest BCUT2D eigenvalue weighted by atomic mass is 19.2. The van der Waals surface area contributed by atoms with Crippen molar-refractivity contribution < 1.29 is 27.8 Å². The number of fused-ring (bicyclic) bond motifs is 2. The van der Waals surface area contributed by atoms with Gasteiger partial charge >= 0.3 is 6.09 Å². The molecule has 0 aliphatic carbocycles. The largest absolute Gasteiger partial charge is 0.439 e. The summed E-state index contributed by atoms with van der Waals surface area (Å²) in [5.74, 6) is -2.58. The van der Waals surface area contributed by atoms with Gasteiger partial charge in [0, 0.05) is 37.6 Å². The van der Waals surface area contributed by atoms with Gasteiger partial charge in [0.15, 0.2) is 18.2 Å². The van der Waals surface area contributed by atoms with Crippen molar-refractivity contribution >= 4 is 12.0 Å². The molecule has 1 atom stereocenters. The maximum absolute atomic E-state index is 14.0. The van der Waals surface area contributed by atoms with Crippen LogP contribution in [0.3, 0.4) is 0 Å². The lowest BCUT2D eigenvalue weighted by Gasteiger charge is -2.39. The van der Waals surface area contributed by atoms with Crippen LogP contribution in [0.4, 0.5) is 13.6 Å². The van der Waals surface area contributed by atoms with E-state index >= 15 is 0 Å². The van der Waals surface area contributed by atoms with Crippen molar-refractivity contribution in [2.24, 2.45) is 0 Å². The molecule has 190 valence electrons. The van der Waals surface area contributed by atoms with Crippen LogP contribution in [-0.4, -0.2) is 46.5 Å². The molecule has 4 heterocycles. The van der Waals surface area contributed by atoms with Gasteiger partial charge in [-0.3, -0.25) is 14.7 Å². The Labute approximate surface area is 212 Å². The van der Waals surface area contributed by atoms with Crippen molar-refractivity contribution in [1.82, 2.24) is 14.8 Å². The van der Waals surface area contributed by atoms with E-state index in [1.165, 1.54) is 17.2 Å². The number of cyclic esters (lactones) is 1. The Morgan fingerprint density at radius 1 is 0.946 bits per heavy atom. The van der Waals surface area contributed by atoms with Gasteiger partial charge in [-0.2, -0.15) is 0 Å². The summed E-state index contributed by atoms with van der Waals surface area (Å²) in [5, 5.41) is 0. The first-order chi connectivity index (χ1) is 17.9. The first kappa shape index (κ1) is 23.7. The Bertz CT molecular complexity index is 1340. The number of imide groups is 1. The van der Waals surface area contributed by atoms with Crippen LogP contribution < -0.4 is 0 Å². The second-order valence-corrected chi connectivity index (χ2v) is 9.73. The van der Waals surface area contributed by atoms with E-state index in [9.17, 15) is 18.4 Å². The van der Waals surface area contributed by atoms with E-state index in [4.69, 9.17) is 9.47 Å². The van der Waals surface area contributed by atoms with Crippen molar-refractivity contribution in [3.63, 3.8) is 0 Å². The van der Waals surface area contributed by atoms with E-state index in [1.807, 2.05) is 36.5 Å². The number of rotatable bonds is 5. The zero-order valence-electron chi connectivity index (χ0n) is 20.0. The molecule has 1 unspecified atom stereocenters. The fraction of sp³-hybridized carbons (Fsp3) is 0.321. The van der Waals surface area contributed by atoms with Crippen LogP contribution >= 0.6 is 0 Å². The maximum atomic E-state index is 14.0. The van der Waals surface area contributed by atoms with Gasteiger partial charge in [-0.1, -0.05) is 30.3 Å². The fourth-order valence-corrected chi connectivity index (χ4v) is 5.59. The number of hydrogen-bond acceptors (Lipinski definition) is 6. The number of pyridine rings is 1. The van der Waals surface area contributed by atoms with Gasteiger partial charge in [-0.15, -0.1) is 0 Å². The summed E-state index contributed by atoms with van der Waals surface area (Å²) in [6.07, 6.45) is 4.71. The second kappa shape index (κ2) is 9.32. The van der Waals surface area contributed by atoms with Gasteiger partial charge in [-0.05, 0) is 53.3 Å². The molecule has 1 aromatic heterocycles. The number of ether oxygens (including phenoxy) is 2. The zero-order chi connectivity index (χ0) is 25.6. The van der Waals surface area contributed by atoms with E-state index < -0.39 is 29.7 Å². The van der Waals surface area contributed by atoms with Crippen molar-refractivity contribution in [3.05, 3.63) is 100 Å². The molecule has 0 N–H and O–H groups in total. The predicted molar refractivity (Wildman–Crippen MR) is 128 cm³/mol. The van der Waals surface area contributed by atoms with Gasteiger partial charge in [0.05, 0.1) is 18.2 Å². The molecule has 0 bridgehead atoms. The van der Waals surface area contributed by atoms with E-state index in [-0.39, 0.29) is 17.8 Å². The number of halogens is 2. The van der Waals surface area contributed by atoms with Crippen molar-refractivity contribution in [1.29, 1.82) is 0 Å². The lowest BCUT2D eigenvalue weighted by molar-refractivity contribution is -0.127. The van der Waals surface area contributed by atoms with Gasteiger partial charge in [0.1, 0.15) is 0 Å². The molecule has 7 nitrogen and oxygen atoms in total.